The van der Waals surface area contributed by atoms with E-state index >= 15 is 0 Å². The summed E-state index contributed by atoms with van der Waals surface area (Å²) in [5, 5.41) is 24.6. The molecule has 0 aromatic heterocycles. The Bertz CT molecular complexity index is 1080. The first kappa shape index (κ1) is 40.7. The van der Waals surface area contributed by atoms with Crippen molar-refractivity contribution in [3.8, 4) is 0 Å². The van der Waals surface area contributed by atoms with Crippen LogP contribution in [-0.4, -0.2) is 83.8 Å². The van der Waals surface area contributed by atoms with Crippen molar-refractivity contribution in [2.75, 3.05) is 13.2 Å². The molecule has 0 bridgehead atoms. The van der Waals surface area contributed by atoms with Gasteiger partial charge in [0.15, 0.2) is 0 Å². The first-order valence-electron chi connectivity index (χ1n) is 18.8. The molecular formula is C36H64N6O7. The van der Waals surface area contributed by atoms with Crippen LogP contribution < -0.4 is 32.3 Å². The van der Waals surface area contributed by atoms with Gasteiger partial charge in [-0.1, -0.05) is 51.4 Å². The minimum Gasteiger partial charge on any atom is -0.449 e. The number of nitrogens with two attached hydrogens (primary N) is 1. The van der Waals surface area contributed by atoms with E-state index in [-0.39, 0.29) is 18.5 Å². The van der Waals surface area contributed by atoms with Gasteiger partial charge in [0.05, 0.1) is 24.9 Å². The van der Waals surface area contributed by atoms with Gasteiger partial charge in [0.25, 0.3) is 5.91 Å². The first-order chi connectivity index (χ1) is 23.2. The third-order valence-electron chi connectivity index (χ3n) is 10.2. The van der Waals surface area contributed by atoms with Crippen molar-refractivity contribution >= 4 is 29.6 Å². The highest BCUT2D eigenvalue weighted by atomic mass is 16.5. The number of ketones is 1. The lowest BCUT2D eigenvalue weighted by Gasteiger charge is -2.30. The Hall–Kier alpha value is -2.77. The summed E-state index contributed by atoms with van der Waals surface area (Å²) in [7, 11) is 0. The van der Waals surface area contributed by atoms with Crippen molar-refractivity contribution < 1.29 is 33.8 Å². The minimum absolute atomic E-state index is 0.0823. The van der Waals surface area contributed by atoms with Crippen LogP contribution in [0.15, 0.2) is 0 Å². The van der Waals surface area contributed by atoms with Crippen LogP contribution in [0.5, 0.6) is 0 Å². The van der Waals surface area contributed by atoms with Gasteiger partial charge in [0, 0.05) is 5.54 Å². The molecule has 49 heavy (non-hydrogen) atoms. The van der Waals surface area contributed by atoms with Crippen LogP contribution in [0, 0.1) is 17.8 Å². The van der Waals surface area contributed by atoms with Crippen molar-refractivity contribution in [2.45, 2.75) is 166 Å². The van der Waals surface area contributed by atoms with Gasteiger partial charge < -0.3 is 42.2 Å². The van der Waals surface area contributed by atoms with Crippen molar-refractivity contribution in [3.63, 3.8) is 0 Å². The summed E-state index contributed by atoms with van der Waals surface area (Å²) in [6.07, 6.45) is 12.4. The molecule has 280 valence electrons. The molecule has 8 N–H and O–H groups in total. The van der Waals surface area contributed by atoms with Gasteiger partial charge in [-0.2, -0.15) is 0 Å². The number of piperidine rings is 1. The van der Waals surface area contributed by atoms with Crippen molar-refractivity contribution in [2.24, 2.45) is 23.5 Å². The highest BCUT2D eigenvalue weighted by Crippen LogP contribution is 2.28. The number of ether oxygens (including phenoxy) is 1. The number of hydrogen-bond acceptors (Lipinski definition) is 9. The van der Waals surface area contributed by atoms with E-state index in [2.05, 4.69) is 26.6 Å². The third-order valence-corrected chi connectivity index (χ3v) is 10.2. The Morgan fingerprint density at radius 2 is 1.37 bits per heavy atom. The fourth-order valence-electron chi connectivity index (χ4n) is 7.21. The number of carbonyl (C=O) groups excluding carboxylic acids is 5. The lowest BCUT2D eigenvalue weighted by molar-refractivity contribution is -0.141. The predicted molar refractivity (Wildman–Crippen MR) is 187 cm³/mol. The molecule has 0 spiro atoms. The molecule has 1 aliphatic heterocycles. The highest BCUT2D eigenvalue weighted by molar-refractivity contribution is 6.38. The number of hydrogen-bond donors (Lipinski definition) is 7. The molecule has 0 aromatic rings. The number of amides is 4. The van der Waals surface area contributed by atoms with Crippen LogP contribution in [-0.2, 0) is 23.9 Å². The number of nitrogens with one attached hydrogen (secondary N) is 5. The molecule has 3 fully saturated rings. The van der Waals surface area contributed by atoms with Crippen LogP contribution in [0.1, 0.15) is 130 Å². The lowest BCUT2D eigenvalue weighted by Crippen LogP contribution is -2.60. The van der Waals surface area contributed by atoms with Crippen LogP contribution in [0.3, 0.4) is 0 Å². The van der Waals surface area contributed by atoms with E-state index in [0.717, 1.165) is 70.6 Å². The Kier molecular flexibility index (Phi) is 16.7. The van der Waals surface area contributed by atoms with Gasteiger partial charge in [-0.05, 0) is 103 Å². The van der Waals surface area contributed by atoms with Crippen molar-refractivity contribution in [1.82, 2.24) is 26.6 Å². The molecule has 13 nitrogen and oxygen atoms in total. The summed E-state index contributed by atoms with van der Waals surface area (Å²) in [6.45, 7) is 7.59. The number of Topliss-reactive ketones (excluding diaryl/α,β-unsaturated/α-hetero) is 1. The average Bonchev–Trinajstić information content (AvgIpc) is 3.06. The second-order valence-electron chi connectivity index (χ2n) is 15.8. The maximum absolute atomic E-state index is 13.7. The van der Waals surface area contributed by atoms with Crippen LogP contribution >= 0.6 is 0 Å². The molecule has 13 heteroatoms. The number of carbonyl (C=O) groups is 5. The van der Waals surface area contributed by atoms with Gasteiger partial charge >= 0.3 is 6.09 Å². The van der Waals surface area contributed by atoms with Gasteiger partial charge in [-0.15, -0.1) is 0 Å². The number of aliphatic hydroxyl groups is 1. The van der Waals surface area contributed by atoms with Crippen molar-refractivity contribution in [1.29, 1.82) is 0 Å². The van der Waals surface area contributed by atoms with E-state index in [1.165, 1.54) is 19.8 Å². The molecule has 6 atom stereocenters. The smallest absolute Gasteiger partial charge is 0.407 e. The SMILES string of the molecule is C[C@@H](O)[C@H](NC(=O)[C@H](CCC1CCCCC1)NC(=O)OCC1CCCCC1)C(=O)N[C@@H](CCC1CCC(N)NC1)C(=O)C(=O)NC(C)(C)C. The summed E-state index contributed by atoms with van der Waals surface area (Å²) >= 11 is 0. The van der Waals surface area contributed by atoms with Crippen molar-refractivity contribution in [3.05, 3.63) is 0 Å². The Labute approximate surface area is 292 Å². The molecule has 0 aromatic carbocycles. The fraction of sp³-hybridized carbons (Fsp3) is 0.861. The average molecular weight is 693 g/mol. The zero-order chi connectivity index (χ0) is 36.0. The van der Waals surface area contributed by atoms with Gasteiger partial charge in [0.1, 0.15) is 12.1 Å². The van der Waals surface area contributed by atoms with Gasteiger partial charge in [-0.25, -0.2) is 4.79 Å². The molecule has 3 rings (SSSR count). The van der Waals surface area contributed by atoms with Crippen LogP contribution in [0.25, 0.3) is 0 Å². The highest BCUT2D eigenvalue weighted by Gasteiger charge is 2.35. The first-order valence-corrected chi connectivity index (χ1v) is 18.8. The van der Waals surface area contributed by atoms with E-state index in [9.17, 15) is 29.1 Å². The molecule has 2 aliphatic carbocycles. The quantitative estimate of drug-likeness (QED) is 0.119. The zero-order valence-corrected chi connectivity index (χ0v) is 30.3. The molecule has 4 amide bonds. The van der Waals surface area contributed by atoms with Crippen LogP contribution in [0.2, 0.25) is 0 Å². The summed E-state index contributed by atoms with van der Waals surface area (Å²) in [5.41, 5.74) is 5.29. The minimum atomic E-state index is -1.43. The Balaban J connectivity index is 1.69. The number of rotatable bonds is 16. The van der Waals surface area contributed by atoms with Crippen LogP contribution in [0.4, 0.5) is 4.79 Å². The maximum atomic E-state index is 13.7. The summed E-state index contributed by atoms with van der Waals surface area (Å²) in [6, 6.07) is -3.58. The number of alkyl carbamates (subject to hydrolysis) is 1. The molecule has 2 saturated carbocycles. The molecule has 1 heterocycles. The van der Waals surface area contributed by atoms with E-state index in [1.807, 2.05) is 0 Å². The standard InChI is InChI=1S/C36H64N6O7/c1-23(43)30(33(46)39-27(31(44)34(47)42-36(2,3)4)18-16-25-17-20-29(37)38-21-25)41-32(45)28(19-15-24-11-7-5-8-12-24)40-35(48)49-22-26-13-9-6-10-14-26/h23-30,38,43H,5-22,37H2,1-4H3,(H,39,46)(H,40,48)(H,41,45)(H,42,47)/t23-,25?,27+,28+,29?,30+/m1/s1. The molecule has 0 radical (unpaired) electrons. The maximum Gasteiger partial charge on any atom is 0.407 e. The van der Waals surface area contributed by atoms with Gasteiger partial charge in [0.2, 0.25) is 17.6 Å². The third kappa shape index (κ3) is 14.9. The summed E-state index contributed by atoms with van der Waals surface area (Å²) < 4.78 is 5.53. The molecular weight excluding hydrogens is 628 g/mol. The van der Waals surface area contributed by atoms with E-state index < -0.39 is 59.4 Å². The Morgan fingerprint density at radius 1 is 0.776 bits per heavy atom. The normalized spacial score (nSPS) is 23.3. The molecule has 3 aliphatic rings. The largest absolute Gasteiger partial charge is 0.449 e. The second-order valence-corrected chi connectivity index (χ2v) is 15.8. The number of aliphatic hydroxyl groups excluding tert-OH is 1. The van der Waals surface area contributed by atoms with E-state index in [1.54, 1.807) is 20.8 Å². The molecule has 2 unspecified atom stereocenters. The summed E-state index contributed by atoms with van der Waals surface area (Å²) in [4.78, 5) is 66.5. The molecule has 1 saturated heterocycles. The monoisotopic (exact) mass is 692 g/mol. The summed E-state index contributed by atoms with van der Waals surface area (Å²) in [5.74, 6) is -2.07. The van der Waals surface area contributed by atoms with E-state index in [0.29, 0.717) is 37.8 Å². The lowest BCUT2D eigenvalue weighted by atomic mass is 9.85. The zero-order valence-electron chi connectivity index (χ0n) is 30.3. The predicted octanol–water partition coefficient (Wildman–Crippen LogP) is 2.92. The Morgan fingerprint density at radius 3 is 1.94 bits per heavy atom. The van der Waals surface area contributed by atoms with E-state index in [4.69, 9.17) is 10.5 Å². The van der Waals surface area contributed by atoms with Gasteiger partial charge in [-0.3, -0.25) is 19.2 Å². The topological polar surface area (TPSA) is 201 Å². The fourth-order valence-corrected chi connectivity index (χ4v) is 7.21. The second kappa shape index (κ2) is 20.2.